The minimum absolute atomic E-state index is 0.241. The molecule has 3 aromatic rings. The summed E-state index contributed by atoms with van der Waals surface area (Å²) in [5.41, 5.74) is 3.17. The number of hydrogen-bond donors (Lipinski definition) is 0. The van der Waals surface area contributed by atoms with Gasteiger partial charge in [0.25, 0.3) is 0 Å². The Hall–Kier alpha value is -2.36. The third-order valence-corrected chi connectivity index (χ3v) is 5.91. The summed E-state index contributed by atoms with van der Waals surface area (Å²) in [5.74, 6) is 0.700. The van der Waals surface area contributed by atoms with Crippen molar-refractivity contribution in [1.82, 2.24) is 23.8 Å². The van der Waals surface area contributed by atoms with Crippen LogP contribution in [0.2, 0.25) is 0 Å². The summed E-state index contributed by atoms with van der Waals surface area (Å²) in [5, 5.41) is 0. The van der Waals surface area contributed by atoms with Gasteiger partial charge in [-0.2, -0.15) is 4.31 Å². The molecule has 0 bridgehead atoms. The highest BCUT2D eigenvalue weighted by Gasteiger charge is 2.27. The van der Waals surface area contributed by atoms with Crippen LogP contribution in [0.3, 0.4) is 0 Å². The number of hydrogen-bond acceptors (Lipinski definition) is 6. The molecule has 0 aliphatic carbocycles. The minimum Gasteiger partial charge on any atom is -0.374 e. The van der Waals surface area contributed by atoms with Gasteiger partial charge >= 0.3 is 0 Å². The summed E-state index contributed by atoms with van der Waals surface area (Å²) >= 11 is 0. The van der Waals surface area contributed by atoms with E-state index in [1.807, 2.05) is 42.0 Å². The Kier molecular flexibility index (Phi) is 4.67. The lowest BCUT2D eigenvalue weighted by molar-refractivity contribution is -0.00979. The van der Waals surface area contributed by atoms with E-state index in [9.17, 15) is 8.42 Å². The molecule has 0 radical (unpaired) electrons. The lowest BCUT2D eigenvalue weighted by Gasteiger charge is -2.31. The van der Waals surface area contributed by atoms with E-state index in [-0.39, 0.29) is 6.10 Å². The van der Waals surface area contributed by atoms with Gasteiger partial charge in [0.05, 0.1) is 42.2 Å². The van der Waals surface area contributed by atoms with Crippen molar-refractivity contribution in [3.05, 3.63) is 42.4 Å². The third kappa shape index (κ3) is 3.71. The van der Waals surface area contributed by atoms with Crippen LogP contribution >= 0.6 is 0 Å². The summed E-state index contributed by atoms with van der Waals surface area (Å²) in [6.45, 7) is 3.52. The van der Waals surface area contributed by atoms with Crippen LogP contribution in [0.4, 0.5) is 0 Å². The molecule has 1 aliphatic rings. The van der Waals surface area contributed by atoms with Gasteiger partial charge in [-0.1, -0.05) is 12.1 Å². The molecule has 0 spiro atoms. The van der Waals surface area contributed by atoms with E-state index in [0.717, 1.165) is 22.4 Å². The van der Waals surface area contributed by atoms with Crippen molar-refractivity contribution in [3.63, 3.8) is 0 Å². The molecule has 0 N–H and O–H groups in total. The Morgan fingerprint density at radius 3 is 2.70 bits per heavy atom. The second kappa shape index (κ2) is 6.99. The van der Waals surface area contributed by atoms with E-state index in [1.165, 1.54) is 10.6 Å². The summed E-state index contributed by atoms with van der Waals surface area (Å²) in [4.78, 5) is 13.8. The number of fused-ring (bicyclic) bond motifs is 1. The van der Waals surface area contributed by atoms with Crippen molar-refractivity contribution in [2.24, 2.45) is 0 Å². The summed E-state index contributed by atoms with van der Waals surface area (Å²) < 4.78 is 32.8. The summed E-state index contributed by atoms with van der Waals surface area (Å²) in [6.07, 6.45) is 4.55. The molecule has 0 saturated carbocycles. The van der Waals surface area contributed by atoms with Crippen molar-refractivity contribution >= 4 is 21.1 Å². The Morgan fingerprint density at radius 1 is 1.22 bits per heavy atom. The zero-order valence-electron chi connectivity index (χ0n) is 15.2. The molecular formula is C18H21N5O3S. The first-order valence-corrected chi connectivity index (χ1v) is 10.6. The maximum atomic E-state index is 11.8. The van der Waals surface area contributed by atoms with Crippen LogP contribution in [0.25, 0.3) is 22.6 Å². The van der Waals surface area contributed by atoms with Gasteiger partial charge in [-0.15, -0.1) is 0 Å². The van der Waals surface area contributed by atoms with Gasteiger partial charge in [0, 0.05) is 25.5 Å². The van der Waals surface area contributed by atoms with Gasteiger partial charge in [0.1, 0.15) is 5.69 Å². The fourth-order valence-corrected chi connectivity index (χ4v) is 4.14. The van der Waals surface area contributed by atoms with Crippen molar-refractivity contribution in [2.45, 2.75) is 19.6 Å². The van der Waals surface area contributed by atoms with Crippen molar-refractivity contribution in [1.29, 1.82) is 0 Å². The second-order valence-corrected chi connectivity index (χ2v) is 8.65. The zero-order chi connectivity index (χ0) is 19.0. The van der Waals surface area contributed by atoms with Crippen LogP contribution in [-0.2, 0) is 21.3 Å². The first kappa shape index (κ1) is 18.0. The molecule has 27 heavy (non-hydrogen) atoms. The third-order valence-electron chi connectivity index (χ3n) is 4.64. The summed E-state index contributed by atoms with van der Waals surface area (Å²) in [6, 6.07) is 7.72. The van der Waals surface area contributed by atoms with Gasteiger partial charge in [-0.3, -0.25) is 0 Å². The minimum atomic E-state index is -3.22. The van der Waals surface area contributed by atoms with E-state index in [4.69, 9.17) is 9.72 Å². The molecule has 1 aromatic carbocycles. The Morgan fingerprint density at radius 2 is 1.96 bits per heavy atom. The molecule has 9 heteroatoms. The highest BCUT2D eigenvalue weighted by atomic mass is 32.2. The number of ether oxygens (including phenoxy) is 1. The van der Waals surface area contributed by atoms with Gasteiger partial charge in [-0.25, -0.2) is 23.4 Å². The quantitative estimate of drug-likeness (QED) is 0.673. The first-order valence-electron chi connectivity index (χ1n) is 8.73. The molecule has 142 valence electrons. The summed E-state index contributed by atoms with van der Waals surface area (Å²) in [7, 11) is -3.22. The molecule has 1 atom stereocenters. The van der Waals surface area contributed by atoms with E-state index in [1.54, 1.807) is 6.20 Å². The molecule has 1 fully saturated rings. The molecule has 8 nitrogen and oxygen atoms in total. The molecular weight excluding hydrogens is 366 g/mol. The largest absolute Gasteiger partial charge is 0.374 e. The number of aromatic nitrogens is 4. The topological polar surface area (TPSA) is 90.2 Å². The van der Waals surface area contributed by atoms with Gasteiger partial charge < -0.3 is 9.30 Å². The fourth-order valence-electron chi connectivity index (χ4n) is 3.30. The highest BCUT2D eigenvalue weighted by molar-refractivity contribution is 7.88. The maximum absolute atomic E-state index is 11.8. The van der Waals surface area contributed by atoms with E-state index >= 15 is 0 Å². The monoisotopic (exact) mass is 387 g/mol. The van der Waals surface area contributed by atoms with Gasteiger partial charge in [0.15, 0.2) is 5.82 Å². The maximum Gasteiger partial charge on any atom is 0.211 e. The number of morpholine rings is 1. The second-order valence-electron chi connectivity index (χ2n) is 6.66. The van der Waals surface area contributed by atoms with Crippen LogP contribution in [0.15, 0.2) is 36.7 Å². The van der Waals surface area contributed by atoms with E-state index in [2.05, 4.69) is 9.97 Å². The number of para-hydroxylation sites is 2. The smallest absolute Gasteiger partial charge is 0.211 e. The van der Waals surface area contributed by atoms with E-state index in [0.29, 0.717) is 32.1 Å². The van der Waals surface area contributed by atoms with Crippen molar-refractivity contribution in [3.8, 4) is 11.5 Å². The SMILES string of the molecule is Cc1nc2ccccc2nc1-c1nccn1CC1CN(S(C)(=O)=O)CCO1. The zero-order valence-corrected chi connectivity index (χ0v) is 16.1. The number of aryl methyl sites for hydroxylation is 1. The van der Waals surface area contributed by atoms with Crippen LogP contribution in [-0.4, -0.2) is 64.3 Å². The first-order chi connectivity index (χ1) is 12.9. The van der Waals surface area contributed by atoms with E-state index < -0.39 is 10.0 Å². The molecule has 1 saturated heterocycles. The van der Waals surface area contributed by atoms with Gasteiger partial charge in [0.2, 0.25) is 10.0 Å². The number of sulfonamides is 1. The molecule has 1 aliphatic heterocycles. The predicted octanol–water partition coefficient (Wildman–Crippen LogP) is 1.46. The lowest BCUT2D eigenvalue weighted by Crippen LogP contribution is -2.46. The predicted molar refractivity (Wildman–Crippen MR) is 102 cm³/mol. The van der Waals surface area contributed by atoms with Crippen LogP contribution in [0, 0.1) is 6.92 Å². The number of rotatable bonds is 4. The average molecular weight is 387 g/mol. The average Bonchev–Trinajstić information content (AvgIpc) is 3.08. The Balaban J connectivity index is 1.63. The van der Waals surface area contributed by atoms with Crippen molar-refractivity contribution < 1.29 is 13.2 Å². The standard InChI is InChI=1S/C18H21N5O3S/c1-13-17(21-16-6-4-3-5-15(16)20-13)18-19-7-8-22(18)11-14-12-23(9-10-26-14)27(2,24)25/h3-8,14H,9-12H2,1-2H3. The molecule has 2 aromatic heterocycles. The lowest BCUT2D eigenvalue weighted by atomic mass is 10.2. The highest BCUT2D eigenvalue weighted by Crippen LogP contribution is 2.22. The Labute approximate surface area is 157 Å². The van der Waals surface area contributed by atoms with Gasteiger partial charge in [-0.05, 0) is 19.1 Å². The number of benzene rings is 1. The Bertz CT molecular complexity index is 1080. The molecule has 3 heterocycles. The number of imidazole rings is 1. The van der Waals surface area contributed by atoms with Crippen molar-refractivity contribution in [2.75, 3.05) is 26.0 Å². The normalized spacial score (nSPS) is 18.8. The number of nitrogens with zero attached hydrogens (tertiary/aromatic N) is 5. The fraction of sp³-hybridized carbons (Fsp3) is 0.389. The molecule has 0 amide bonds. The van der Waals surface area contributed by atoms with Crippen LogP contribution < -0.4 is 0 Å². The molecule has 1 unspecified atom stereocenters. The van der Waals surface area contributed by atoms with Crippen LogP contribution in [0.1, 0.15) is 5.69 Å². The van der Waals surface area contributed by atoms with Crippen LogP contribution in [0.5, 0.6) is 0 Å². The molecule has 4 rings (SSSR count).